The predicted molar refractivity (Wildman–Crippen MR) is 142 cm³/mol. The molecule has 1 aliphatic rings. The van der Waals surface area contributed by atoms with Crippen molar-refractivity contribution in [2.24, 2.45) is 11.8 Å². The maximum Gasteiger partial charge on any atom is 0.224 e. The minimum Gasteiger partial charge on any atom is -0.355 e. The lowest BCUT2D eigenvalue weighted by Gasteiger charge is -2.40. The van der Waals surface area contributed by atoms with Gasteiger partial charge in [0.1, 0.15) is 0 Å². The van der Waals surface area contributed by atoms with Gasteiger partial charge in [-0.3, -0.25) is 9.59 Å². The van der Waals surface area contributed by atoms with Crippen molar-refractivity contribution in [3.8, 4) is 0 Å². The van der Waals surface area contributed by atoms with Crippen molar-refractivity contribution >= 4 is 45.2 Å². The lowest BCUT2D eigenvalue weighted by atomic mass is 9.83. The Morgan fingerprint density at radius 2 is 1.15 bits per heavy atom. The number of benzene rings is 2. The third-order valence-corrected chi connectivity index (χ3v) is 9.93. The van der Waals surface area contributed by atoms with Crippen molar-refractivity contribution in [3.05, 3.63) is 71.8 Å². The van der Waals surface area contributed by atoms with Gasteiger partial charge in [-0.15, -0.1) is 0 Å². The molecule has 6 nitrogen and oxygen atoms in total. The molecule has 0 spiro atoms. The van der Waals surface area contributed by atoms with E-state index in [9.17, 15) is 18.0 Å². The molecule has 0 saturated carbocycles. The first-order chi connectivity index (χ1) is 16.4. The number of rotatable bonds is 10. The number of sulfone groups is 1. The smallest absolute Gasteiger partial charge is 0.224 e. The van der Waals surface area contributed by atoms with E-state index >= 15 is 0 Å². The Kier molecular flexibility index (Phi) is 9.91. The molecular weight excluding hydrogens is 488 g/mol. The molecule has 3 rings (SSSR count). The highest BCUT2D eigenvalue weighted by atomic mass is 32.2. The van der Waals surface area contributed by atoms with Gasteiger partial charge in [-0.1, -0.05) is 60.7 Å². The molecular formula is C25H32N2O4S3. The van der Waals surface area contributed by atoms with Crippen LogP contribution in [0.5, 0.6) is 0 Å². The summed E-state index contributed by atoms with van der Waals surface area (Å²) in [5.41, 5.74) is 1.16. The van der Waals surface area contributed by atoms with E-state index in [1.807, 2.05) is 24.6 Å². The van der Waals surface area contributed by atoms with Crippen molar-refractivity contribution < 1.29 is 18.0 Å². The second-order valence-corrected chi connectivity index (χ2v) is 12.4. The summed E-state index contributed by atoms with van der Waals surface area (Å²) >= 11 is 3.20. The van der Waals surface area contributed by atoms with Gasteiger partial charge < -0.3 is 10.6 Å². The molecule has 1 heterocycles. The van der Waals surface area contributed by atoms with Crippen LogP contribution >= 0.6 is 23.5 Å². The maximum absolute atomic E-state index is 14.2. The van der Waals surface area contributed by atoms with Gasteiger partial charge in [0, 0.05) is 24.6 Å². The van der Waals surface area contributed by atoms with E-state index in [-0.39, 0.29) is 18.2 Å². The monoisotopic (exact) mass is 520 g/mol. The summed E-state index contributed by atoms with van der Waals surface area (Å²) in [5.74, 6) is -0.894. The summed E-state index contributed by atoms with van der Waals surface area (Å²) in [6, 6.07) is 17.8. The topological polar surface area (TPSA) is 92.3 Å². The first-order valence-corrected chi connectivity index (χ1v) is 15.7. The average molecular weight is 521 g/mol. The highest BCUT2D eigenvalue weighted by Gasteiger charge is 2.54. The summed E-state index contributed by atoms with van der Waals surface area (Å²) in [4.78, 5) is 26.6. The molecule has 184 valence electrons. The summed E-state index contributed by atoms with van der Waals surface area (Å²) in [5, 5.41) is 3.75. The number of amides is 2. The Morgan fingerprint density at radius 3 is 1.50 bits per heavy atom. The Morgan fingerprint density at radius 1 is 0.765 bits per heavy atom. The molecule has 2 aromatic carbocycles. The minimum absolute atomic E-state index is 0.161. The van der Waals surface area contributed by atoms with Gasteiger partial charge >= 0.3 is 0 Å². The number of hydrogen-bond acceptors (Lipinski definition) is 6. The van der Waals surface area contributed by atoms with Gasteiger partial charge in [-0.25, -0.2) is 8.42 Å². The number of nitrogens with one attached hydrogen (secondary N) is 2. The largest absolute Gasteiger partial charge is 0.355 e. The summed E-state index contributed by atoms with van der Waals surface area (Å²) in [6.45, 7) is 0.898. The van der Waals surface area contributed by atoms with E-state index in [0.29, 0.717) is 24.2 Å². The van der Waals surface area contributed by atoms with E-state index in [1.54, 1.807) is 72.1 Å². The zero-order valence-corrected chi connectivity index (χ0v) is 21.9. The fourth-order valence-electron chi connectivity index (χ4n) is 4.57. The second kappa shape index (κ2) is 12.7. The Labute approximate surface area is 211 Å². The molecule has 4 unspecified atom stereocenters. The molecule has 9 heteroatoms. The minimum atomic E-state index is -3.95. The average Bonchev–Trinajstić information content (AvgIpc) is 2.84. The normalized spacial score (nSPS) is 23.7. The Hall–Kier alpha value is -1.97. The van der Waals surface area contributed by atoms with Crippen molar-refractivity contribution in [1.82, 2.24) is 10.6 Å². The molecule has 2 amide bonds. The molecule has 4 atom stereocenters. The molecule has 0 aliphatic carbocycles. The zero-order chi connectivity index (χ0) is 24.6. The molecule has 1 saturated heterocycles. The molecule has 34 heavy (non-hydrogen) atoms. The third-order valence-electron chi connectivity index (χ3n) is 6.09. The van der Waals surface area contributed by atoms with Crippen molar-refractivity contribution in [1.29, 1.82) is 0 Å². The number of hydrogen-bond donors (Lipinski definition) is 2. The molecule has 0 aromatic heterocycles. The second-order valence-electron chi connectivity index (χ2n) is 8.27. The van der Waals surface area contributed by atoms with Crippen molar-refractivity contribution in [2.45, 2.75) is 16.9 Å². The van der Waals surface area contributed by atoms with E-state index in [4.69, 9.17) is 0 Å². The van der Waals surface area contributed by atoms with Crippen LogP contribution in [0.2, 0.25) is 0 Å². The molecule has 1 fully saturated rings. The van der Waals surface area contributed by atoms with Crippen LogP contribution in [0.4, 0.5) is 0 Å². The number of carbonyl (C=O) groups excluding carboxylic acids is 2. The first kappa shape index (κ1) is 26.6. The van der Waals surface area contributed by atoms with Gasteiger partial charge in [0.05, 0.1) is 22.3 Å². The van der Waals surface area contributed by atoms with Crippen molar-refractivity contribution in [2.75, 3.05) is 37.1 Å². The Balaban J connectivity index is 2.07. The summed E-state index contributed by atoms with van der Waals surface area (Å²) in [6.07, 6.45) is 4.06. The quantitative estimate of drug-likeness (QED) is 0.466. The van der Waals surface area contributed by atoms with Crippen LogP contribution in [0.3, 0.4) is 0 Å². The molecule has 0 radical (unpaired) electrons. The van der Waals surface area contributed by atoms with Crippen LogP contribution in [-0.2, 0) is 19.4 Å². The van der Waals surface area contributed by atoms with Crippen LogP contribution in [0.25, 0.3) is 0 Å². The van der Waals surface area contributed by atoms with Gasteiger partial charge in [-0.2, -0.15) is 23.5 Å². The predicted octanol–water partition coefficient (Wildman–Crippen LogP) is 3.48. The zero-order valence-electron chi connectivity index (χ0n) is 19.5. The maximum atomic E-state index is 14.2. The van der Waals surface area contributed by atoms with Crippen LogP contribution < -0.4 is 10.6 Å². The lowest BCUT2D eigenvalue weighted by molar-refractivity contribution is -0.129. The number of carbonyl (C=O) groups is 2. The van der Waals surface area contributed by atoms with Crippen LogP contribution in [0.1, 0.15) is 28.0 Å². The van der Waals surface area contributed by atoms with Gasteiger partial charge in [0.25, 0.3) is 0 Å². The lowest BCUT2D eigenvalue weighted by Crippen LogP contribution is -2.49. The third kappa shape index (κ3) is 6.17. The molecule has 0 bridgehead atoms. The van der Waals surface area contributed by atoms with Gasteiger partial charge in [0.2, 0.25) is 11.8 Å². The summed E-state index contributed by atoms with van der Waals surface area (Å²) < 4.78 is 28.5. The SMILES string of the molecule is CSCCNC(=O)C1CC(C(=O)NCCSC)C(c2ccccc2)S(=O)(=O)C1c1ccccc1. The molecule has 2 N–H and O–H groups in total. The van der Waals surface area contributed by atoms with Gasteiger partial charge in [-0.05, 0) is 30.1 Å². The molecule has 2 aromatic rings. The van der Waals surface area contributed by atoms with E-state index in [0.717, 1.165) is 11.5 Å². The van der Waals surface area contributed by atoms with Crippen molar-refractivity contribution in [3.63, 3.8) is 0 Å². The standard InChI is InChI=1S/C25H32N2O4S3/c1-32-15-13-26-24(28)20-17-21(25(29)27-14-16-33-2)23(19-11-7-4-8-12-19)34(30,31)22(20)18-9-5-3-6-10-18/h3-12,20-23H,13-17H2,1-2H3,(H,26,28)(H,27,29). The fraction of sp³-hybridized carbons (Fsp3) is 0.440. The fourth-order valence-corrected chi connectivity index (χ4v) is 7.96. The van der Waals surface area contributed by atoms with Crippen LogP contribution in [0, 0.1) is 11.8 Å². The highest BCUT2D eigenvalue weighted by Crippen LogP contribution is 2.50. The molecule has 1 aliphatic heterocycles. The van der Waals surface area contributed by atoms with Gasteiger partial charge in [0.15, 0.2) is 9.84 Å². The van der Waals surface area contributed by atoms with Crippen LogP contribution in [0.15, 0.2) is 60.7 Å². The van der Waals surface area contributed by atoms with E-state index < -0.39 is 32.2 Å². The van der Waals surface area contributed by atoms with E-state index in [2.05, 4.69) is 10.6 Å². The van der Waals surface area contributed by atoms with E-state index in [1.165, 1.54) is 0 Å². The van der Waals surface area contributed by atoms with Crippen LogP contribution in [-0.4, -0.2) is 57.3 Å². The Bertz CT molecular complexity index is 971. The number of thioether (sulfide) groups is 2. The first-order valence-electron chi connectivity index (χ1n) is 11.3. The summed E-state index contributed by atoms with van der Waals surface area (Å²) in [7, 11) is -3.95. The highest BCUT2D eigenvalue weighted by molar-refractivity contribution is 7.98.